The van der Waals surface area contributed by atoms with E-state index < -0.39 is 11.6 Å². The van der Waals surface area contributed by atoms with Gasteiger partial charge in [0.25, 0.3) is 5.69 Å². The van der Waals surface area contributed by atoms with Crippen molar-refractivity contribution in [3.63, 3.8) is 0 Å². The van der Waals surface area contributed by atoms with E-state index in [0.29, 0.717) is 11.5 Å². The number of rotatable bonds is 3. The number of nitro groups is 1. The first-order chi connectivity index (χ1) is 6.56. The third-order valence-corrected chi connectivity index (χ3v) is 2.09. The van der Waals surface area contributed by atoms with E-state index >= 15 is 0 Å². The van der Waals surface area contributed by atoms with Gasteiger partial charge < -0.3 is 0 Å². The predicted molar refractivity (Wildman–Crippen MR) is 51.8 cm³/mol. The molecule has 0 spiro atoms. The number of halogens is 1. The van der Waals surface area contributed by atoms with Crippen molar-refractivity contribution in [2.45, 2.75) is 13.8 Å². The van der Waals surface area contributed by atoms with Gasteiger partial charge >= 0.3 is 0 Å². The lowest BCUT2D eigenvalue weighted by Gasteiger charge is -2.09. The molecular formula is C10H11FNO2. The molecule has 0 fully saturated rings. The standard InChI is InChI=1S/C10H11FNO2/c1-7-3-4-9(12(13)14)5-10(7)8(2)6-11/h3-5H,6H2,1-2H3. The molecule has 14 heavy (non-hydrogen) atoms. The minimum Gasteiger partial charge on any atom is -0.258 e. The van der Waals surface area contributed by atoms with Crippen LogP contribution in [0.25, 0.3) is 0 Å². The van der Waals surface area contributed by atoms with Crippen LogP contribution in [0, 0.1) is 23.0 Å². The maximum absolute atomic E-state index is 12.4. The highest BCUT2D eigenvalue weighted by atomic mass is 19.1. The van der Waals surface area contributed by atoms with Gasteiger partial charge in [-0.25, -0.2) is 0 Å². The largest absolute Gasteiger partial charge is 0.269 e. The van der Waals surface area contributed by atoms with E-state index in [1.165, 1.54) is 12.1 Å². The van der Waals surface area contributed by atoms with Gasteiger partial charge in [-0.1, -0.05) is 13.0 Å². The summed E-state index contributed by atoms with van der Waals surface area (Å²) in [7, 11) is 0. The van der Waals surface area contributed by atoms with Crippen molar-refractivity contribution in [2.75, 3.05) is 6.67 Å². The highest BCUT2D eigenvalue weighted by Crippen LogP contribution is 2.23. The zero-order chi connectivity index (χ0) is 10.7. The fourth-order valence-corrected chi connectivity index (χ4v) is 1.26. The Bertz CT molecular complexity index is 352. The number of benzene rings is 1. The van der Waals surface area contributed by atoms with Crippen LogP contribution in [0.2, 0.25) is 0 Å². The van der Waals surface area contributed by atoms with Crippen LogP contribution in [0.3, 0.4) is 0 Å². The molecular weight excluding hydrogens is 185 g/mol. The maximum atomic E-state index is 12.4. The first-order valence-electron chi connectivity index (χ1n) is 4.20. The van der Waals surface area contributed by atoms with Gasteiger partial charge in [0.2, 0.25) is 0 Å². The Kier molecular flexibility index (Phi) is 3.17. The summed E-state index contributed by atoms with van der Waals surface area (Å²) in [5, 5.41) is 10.5. The van der Waals surface area contributed by atoms with Gasteiger partial charge in [0, 0.05) is 18.1 Å². The summed E-state index contributed by atoms with van der Waals surface area (Å²) in [5.41, 5.74) is 1.48. The van der Waals surface area contributed by atoms with Crippen LogP contribution in [-0.2, 0) is 0 Å². The zero-order valence-corrected chi connectivity index (χ0v) is 8.08. The van der Waals surface area contributed by atoms with Crippen LogP contribution in [0.5, 0.6) is 0 Å². The maximum Gasteiger partial charge on any atom is 0.269 e. The van der Waals surface area contributed by atoms with E-state index in [-0.39, 0.29) is 5.69 Å². The van der Waals surface area contributed by atoms with E-state index in [0.717, 1.165) is 5.56 Å². The van der Waals surface area contributed by atoms with Gasteiger partial charge in [-0.3, -0.25) is 14.5 Å². The highest BCUT2D eigenvalue weighted by Gasteiger charge is 2.13. The smallest absolute Gasteiger partial charge is 0.258 e. The van der Waals surface area contributed by atoms with E-state index in [4.69, 9.17) is 0 Å². The molecule has 0 aliphatic carbocycles. The lowest BCUT2D eigenvalue weighted by molar-refractivity contribution is -0.384. The lowest BCUT2D eigenvalue weighted by Crippen LogP contribution is -2.00. The van der Waals surface area contributed by atoms with Crippen molar-refractivity contribution < 1.29 is 9.31 Å². The Morgan fingerprint density at radius 3 is 2.71 bits per heavy atom. The van der Waals surface area contributed by atoms with Crippen LogP contribution in [-0.4, -0.2) is 11.6 Å². The van der Waals surface area contributed by atoms with Crippen molar-refractivity contribution in [3.8, 4) is 0 Å². The molecule has 0 aliphatic rings. The summed E-state index contributed by atoms with van der Waals surface area (Å²) in [6.07, 6.45) is 0. The second kappa shape index (κ2) is 4.17. The molecule has 0 unspecified atom stereocenters. The molecule has 0 amide bonds. The van der Waals surface area contributed by atoms with Crippen molar-refractivity contribution in [1.29, 1.82) is 0 Å². The zero-order valence-electron chi connectivity index (χ0n) is 8.08. The van der Waals surface area contributed by atoms with Crippen LogP contribution < -0.4 is 0 Å². The Morgan fingerprint density at radius 2 is 2.21 bits per heavy atom. The monoisotopic (exact) mass is 196 g/mol. The summed E-state index contributed by atoms with van der Waals surface area (Å²) in [6.45, 7) is 2.85. The van der Waals surface area contributed by atoms with Crippen LogP contribution >= 0.6 is 0 Å². The number of hydrogen-bond donors (Lipinski definition) is 0. The summed E-state index contributed by atoms with van der Waals surface area (Å²) in [5.74, 6) is 0.520. The number of nitrogens with zero attached hydrogens (tertiary/aromatic N) is 1. The molecule has 75 valence electrons. The molecule has 0 heterocycles. The van der Waals surface area contributed by atoms with Gasteiger partial charge in [0.15, 0.2) is 0 Å². The average Bonchev–Trinajstić information content (AvgIpc) is 2.17. The van der Waals surface area contributed by atoms with Gasteiger partial charge in [0.1, 0.15) is 0 Å². The highest BCUT2D eigenvalue weighted by molar-refractivity contribution is 5.45. The average molecular weight is 196 g/mol. The Morgan fingerprint density at radius 1 is 1.57 bits per heavy atom. The van der Waals surface area contributed by atoms with Gasteiger partial charge in [-0.15, -0.1) is 0 Å². The van der Waals surface area contributed by atoms with E-state index in [1.807, 2.05) is 0 Å². The number of aryl methyl sites for hydroxylation is 1. The molecule has 0 aliphatic heterocycles. The fourth-order valence-electron chi connectivity index (χ4n) is 1.26. The molecule has 1 rings (SSSR count). The number of non-ortho nitro benzene ring substituents is 1. The van der Waals surface area contributed by atoms with Crippen molar-refractivity contribution in [1.82, 2.24) is 0 Å². The molecule has 0 bridgehead atoms. The SMILES string of the molecule is C[C](CF)c1cc([N+](=O)[O-])ccc1C. The first kappa shape index (κ1) is 10.6. The normalized spacial score (nSPS) is 10.6. The lowest BCUT2D eigenvalue weighted by atomic mass is 9.97. The van der Waals surface area contributed by atoms with Crippen LogP contribution in [0.4, 0.5) is 10.1 Å². The topological polar surface area (TPSA) is 43.1 Å². The van der Waals surface area contributed by atoms with Crippen molar-refractivity contribution >= 4 is 5.69 Å². The molecule has 0 aromatic heterocycles. The van der Waals surface area contributed by atoms with E-state index in [9.17, 15) is 14.5 Å². The predicted octanol–water partition coefficient (Wildman–Crippen LogP) is 2.82. The van der Waals surface area contributed by atoms with Crippen molar-refractivity contribution in [3.05, 3.63) is 45.4 Å². The van der Waals surface area contributed by atoms with Gasteiger partial charge in [-0.05, 0) is 18.1 Å². The number of hydrogen-bond acceptors (Lipinski definition) is 2. The van der Waals surface area contributed by atoms with E-state index in [1.54, 1.807) is 19.9 Å². The fraction of sp³-hybridized carbons (Fsp3) is 0.300. The first-order valence-corrected chi connectivity index (χ1v) is 4.20. The molecule has 0 saturated heterocycles. The summed E-state index contributed by atoms with van der Waals surface area (Å²) in [4.78, 5) is 10.0. The molecule has 4 heteroatoms. The van der Waals surface area contributed by atoms with Crippen molar-refractivity contribution in [2.24, 2.45) is 0 Å². The van der Waals surface area contributed by atoms with Gasteiger partial charge in [0.05, 0.1) is 11.6 Å². The molecule has 0 saturated carbocycles. The third-order valence-electron chi connectivity index (χ3n) is 2.09. The Labute approximate surface area is 81.7 Å². The third kappa shape index (κ3) is 2.07. The number of nitro benzene ring substituents is 1. The second-order valence-corrected chi connectivity index (χ2v) is 3.17. The quantitative estimate of drug-likeness (QED) is 0.551. The summed E-state index contributed by atoms with van der Waals surface area (Å²) < 4.78 is 12.4. The molecule has 1 aromatic carbocycles. The summed E-state index contributed by atoms with van der Waals surface area (Å²) >= 11 is 0. The number of alkyl halides is 1. The minimum absolute atomic E-state index is 0.00148. The van der Waals surface area contributed by atoms with Gasteiger partial charge in [-0.2, -0.15) is 0 Å². The Hall–Kier alpha value is -1.45. The molecule has 0 N–H and O–H groups in total. The second-order valence-electron chi connectivity index (χ2n) is 3.17. The summed E-state index contributed by atoms with van der Waals surface area (Å²) in [6, 6.07) is 4.46. The molecule has 3 nitrogen and oxygen atoms in total. The Balaban J connectivity index is 3.14. The molecule has 1 radical (unpaired) electrons. The minimum atomic E-state index is -0.581. The molecule has 1 aromatic rings. The van der Waals surface area contributed by atoms with Crippen LogP contribution in [0.15, 0.2) is 18.2 Å². The van der Waals surface area contributed by atoms with E-state index in [2.05, 4.69) is 0 Å². The van der Waals surface area contributed by atoms with Crippen LogP contribution in [0.1, 0.15) is 18.1 Å². The molecule has 0 atom stereocenters.